The van der Waals surface area contributed by atoms with E-state index in [2.05, 4.69) is 10.4 Å². The summed E-state index contributed by atoms with van der Waals surface area (Å²) in [6.45, 7) is 2.78. The minimum Gasteiger partial charge on any atom is -0.396 e. The number of aryl methyl sites for hydroxylation is 1. The number of benzene rings is 1. The number of rotatable bonds is 5. The second kappa shape index (κ2) is 7.96. The van der Waals surface area contributed by atoms with E-state index in [1.807, 2.05) is 36.5 Å². The lowest BCUT2D eigenvalue weighted by molar-refractivity contribution is -0.123. The fourth-order valence-corrected chi connectivity index (χ4v) is 3.97. The molecule has 154 valence electrons. The molecule has 0 radical (unpaired) electrons. The molecule has 1 unspecified atom stereocenters. The van der Waals surface area contributed by atoms with E-state index in [1.165, 1.54) is 0 Å². The highest BCUT2D eigenvalue weighted by Crippen LogP contribution is 2.30. The molecule has 1 atom stereocenters. The van der Waals surface area contributed by atoms with Crippen LogP contribution in [0.1, 0.15) is 42.2 Å². The molecule has 2 aromatic rings. The first-order chi connectivity index (χ1) is 14.0. The molecule has 29 heavy (non-hydrogen) atoms. The molecule has 0 bridgehead atoms. The number of aliphatic hydroxyl groups excluding tert-OH is 1. The van der Waals surface area contributed by atoms with Crippen molar-refractivity contribution >= 4 is 11.8 Å². The van der Waals surface area contributed by atoms with Gasteiger partial charge in [0.25, 0.3) is 11.8 Å². The highest BCUT2D eigenvalue weighted by Gasteiger charge is 2.46. The van der Waals surface area contributed by atoms with Gasteiger partial charge in [0.05, 0.1) is 5.69 Å². The number of aromatic nitrogens is 2. The Morgan fingerprint density at radius 2 is 2.03 bits per heavy atom. The van der Waals surface area contributed by atoms with E-state index in [9.17, 15) is 14.7 Å². The quantitative estimate of drug-likeness (QED) is 0.791. The minimum absolute atomic E-state index is 0.0611. The van der Waals surface area contributed by atoms with E-state index < -0.39 is 11.8 Å². The molecular weight excluding hydrogens is 372 g/mol. The molecule has 0 saturated carbocycles. The van der Waals surface area contributed by atoms with Crippen molar-refractivity contribution in [2.24, 2.45) is 0 Å². The Balaban J connectivity index is 1.52. The molecule has 2 saturated heterocycles. The monoisotopic (exact) mass is 398 g/mol. The molecule has 2 fully saturated rings. The van der Waals surface area contributed by atoms with Crippen LogP contribution < -0.4 is 5.32 Å². The molecule has 2 N–H and O–H groups in total. The van der Waals surface area contributed by atoms with Gasteiger partial charge in [-0.3, -0.25) is 9.59 Å². The fraction of sp³-hybridized carbons (Fsp3) is 0.476. The van der Waals surface area contributed by atoms with Crippen molar-refractivity contribution in [2.45, 2.75) is 44.4 Å². The number of ether oxygens (including phenoxy) is 1. The van der Waals surface area contributed by atoms with Crippen LogP contribution in [-0.2, 0) is 16.0 Å². The number of hydrogen-bond acceptors (Lipinski definition) is 5. The lowest BCUT2D eigenvalue weighted by Crippen LogP contribution is -2.53. The highest BCUT2D eigenvalue weighted by atomic mass is 16.5. The molecule has 0 aliphatic carbocycles. The maximum Gasteiger partial charge on any atom is 0.274 e. The molecule has 2 amide bonds. The molecule has 1 aromatic carbocycles. The molecule has 3 heterocycles. The lowest BCUT2D eigenvalue weighted by atomic mass is 10.00. The first kappa shape index (κ1) is 19.6. The van der Waals surface area contributed by atoms with Gasteiger partial charge in [-0.25, -0.2) is 4.68 Å². The Bertz CT molecular complexity index is 887. The Hall–Kier alpha value is -2.71. The third-order valence-electron chi connectivity index (χ3n) is 5.60. The maximum absolute atomic E-state index is 13.2. The van der Waals surface area contributed by atoms with Crippen molar-refractivity contribution in [1.29, 1.82) is 0 Å². The lowest BCUT2D eigenvalue weighted by Gasteiger charge is -2.38. The van der Waals surface area contributed by atoms with Gasteiger partial charge in [-0.15, -0.1) is 0 Å². The highest BCUT2D eigenvalue weighted by molar-refractivity contribution is 5.94. The molecule has 2 aliphatic heterocycles. The van der Waals surface area contributed by atoms with Crippen LogP contribution in [0.15, 0.2) is 36.5 Å². The summed E-state index contributed by atoms with van der Waals surface area (Å²) >= 11 is 0. The molecular formula is C21H26N4O4. The zero-order valence-corrected chi connectivity index (χ0v) is 16.5. The summed E-state index contributed by atoms with van der Waals surface area (Å²) in [6, 6.07) is 9.64. The van der Waals surface area contributed by atoms with Crippen LogP contribution in [-0.4, -0.2) is 63.1 Å². The second-order valence-electron chi connectivity index (χ2n) is 7.65. The van der Waals surface area contributed by atoms with Crippen LogP contribution in [0.2, 0.25) is 0 Å². The van der Waals surface area contributed by atoms with Crippen molar-refractivity contribution in [3.63, 3.8) is 0 Å². The first-order valence-electron chi connectivity index (χ1n) is 10.1. The van der Waals surface area contributed by atoms with Gasteiger partial charge in [0.1, 0.15) is 11.8 Å². The fourth-order valence-electron chi connectivity index (χ4n) is 3.97. The first-order valence-corrected chi connectivity index (χ1v) is 10.1. The standard InChI is InChI=1S/C21H26N4O4/c1-15-19(27)22-21(29-15)9-11-24(12-10-21)20(28)18-16(6-5-13-26)14-25(23-18)17-7-3-2-4-8-17/h2-4,7-8,14-15,26H,5-6,9-13H2,1H3,(H,22,27). The van der Waals surface area contributed by atoms with Crippen LogP contribution in [0.25, 0.3) is 5.69 Å². The second-order valence-corrected chi connectivity index (χ2v) is 7.65. The molecule has 2 aliphatic rings. The zero-order chi connectivity index (χ0) is 20.4. The SMILES string of the molecule is CC1OC2(CCN(C(=O)c3nn(-c4ccccc4)cc3CCCO)CC2)NC1=O. The zero-order valence-electron chi connectivity index (χ0n) is 16.5. The number of likely N-dealkylation sites (tertiary alicyclic amines) is 1. The van der Waals surface area contributed by atoms with Gasteiger partial charge in [-0.2, -0.15) is 5.10 Å². The van der Waals surface area contributed by atoms with Crippen molar-refractivity contribution in [3.8, 4) is 5.69 Å². The van der Waals surface area contributed by atoms with Gasteiger partial charge in [0, 0.05) is 44.3 Å². The number of amides is 2. The third-order valence-corrected chi connectivity index (χ3v) is 5.60. The average molecular weight is 398 g/mol. The molecule has 1 spiro atoms. The van der Waals surface area contributed by atoms with Crippen LogP contribution in [0, 0.1) is 0 Å². The van der Waals surface area contributed by atoms with E-state index in [4.69, 9.17) is 4.74 Å². The van der Waals surface area contributed by atoms with Gasteiger partial charge < -0.3 is 20.1 Å². The maximum atomic E-state index is 13.2. The van der Waals surface area contributed by atoms with Gasteiger partial charge in [0.2, 0.25) is 0 Å². The van der Waals surface area contributed by atoms with E-state index in [0.29, 0.717) is 44.5 Å². The van der Waals surface area contributed by atoms with Gasteiger partial charge in [-0.05, 0) is 31.9 Å². The summed E-state index contributed by atoms with van der Waals surface area (Å²) in [4.78, 5) is 26.8. The van der Waals surface area contributed by atoms with Gasteiger partial charge in [-0.1, -0.05) is 18.2 Å². The smallest absolute Gasteiger partial charge is 0.274 e. The van der Waals surface area contributed by atoms with Crippen molar-refractivity contribution < 1.29 is 19.4 Å². The number of piperidine rings is 1. The number of para-hydroxylation sites is 1. The normalized spacial score (nSPS) is 20.8. The Morgan fingerprint density at radius 3 is 2.66 bits per heavy atom. The van der Waals surface area contributed by atoms with Crippen molar-refractivity contribution in [1.82, 2.24) is 20.0 Å². The average Bonchev–Trinajstić information content (AvgIpc) is 3.28. The van der Waals surface area contributed by atoms with Crippen LogP contribution in [0.5, 0.6) is 0 Å². The predicted octanol–water partition coefficient (Wildman–Crippen LogP) is 1.26. The predicted molar refractivity (Wildman–Crippen MR) is 106 cm³/mol. The molecule has 1 aromatic heterocycles. The van der Waals surface area contributed by atoms with Crippen LogP contribution >= 0.6 is 0 Å². The molecule has 4 rings (SSSR count). The summed E-state index contributed by atoms with van der Waals surface area (Å²) in [5.74, 6) is -0.225. The topological polar surface area (TPSA) is 96.7 Å². The largest absolute Gasteiger partial charge is 0.396 e. The minimum atomic E-state index is -0.656. The number of carbonyl (C=O) groups is 2. The van der Waals surface area contributed by atoms with Gasteiger partial charge >= 0.3 is 0 Å². The summed E-state index contributed by atoms with van der Waals surface area (Å²) in [5, 5.41) is 16.7. The Morgan fingerprint density at radius 1 is 1.31 bits per heavy atom. The Labute approximate surface area is 169 Å². The third kappa shape index (κ3) is 3.90. The van der Waals surface area contributed by atoms with Crippen molar-refractivity contribution in [2.75, 3.05) is 19.7 Å². The van der Waals surface area contributed by atoms with E-state index in [1.54, 1.807) is 16.5 Å². The molecule has 8 nitrogen and oxygen atoms in total. The number of hydrogen-bond donors (Lipinski definition) is 2. The van der Waals surface area contributed by atoms with Crippen molar-refractivity contribution in [3.05, 3.63) is 47.8 Å². The van der Waals surface area contributed by atoms with E-state index >= 15 is 0 Å². The Kier molecular flexibility index (Phi) is 5.38. The van der Waals surface area contributed by atoms with Crippen LogP contribution in [0.4, 0.5) is 0 Å². The summed E-state index contributed by atoms with van der Waals surface area (Å²) in [7, 11) is 0. The van der Waals surface area contributed by atoms with Gasteiger partial charge in [0.15, 0.2) is 5.69 Å². The van der Waals surface area contributed by atoms with E-state index in [-0.39, 0.29) is 18.4 Å². The number of nitrogens with one attached hydrogen (secondary N) is 1. The summed E-state index contributed by atoms with van der Waals surface area (Å²) < 4.78 is 7.54. The van der Waals surface area contributed by atoms with E-state index in [0.717, 1.165) is 11.3 Å². The summed E-state index contributed by atoms with van der Waals surface area (Å²) in [6.07, 6.45) is 3.68. The molecule has 8 heteroatoms. The van der Waals surface area contributed by atoms with Crippen LogP contribution in [0.3, 0.4) is 0 Å². The number of aliphatic hydroxyl groups is 1. The number of carbonyl (C=O) groups excluding carboxylic acids is 2. The summed E-state index contributed by atoms with van der Waals surface area (Å²) in [5.41, 5.74) is 1.47. The number of nitrogens with zero attached hydrogens (tertiary/aromatic N) is 3.